The Kier molecular flexibility index (Phi) is 8.60. The predicted molar refractivity (Wildman–Crippen MR) is 103 cm³/mol. The number of amides is 2. The molecule has 1 aromatic carbocycles. The van der Waals surface area contributed by atoms with E-state index in [2.05, 4.69) is 29.4 Å². The number of urea groups is 1. The quantitative estimate of drug-likeness (QED) is 0.691. The van der Waals surface area contributed by atoms with Crippen molar-refractivity contribution in [2.45, 2.75) is 58.4 Å². The molecule has 5 heteroatoms. The van der Waals surface area contributed by atoms with Crippen molar-refractivity contribution in [2.75, 3.05) is 31.6 Å². The number of carbonyl (C=O) groups excluding carboxylic acids is 1. The second-order valence-corrected chi connectivity index (χ2v) is 6.66. The molecule has 0 heterocycles. The molecule has 0 bridgehead atoms. The maximum Gasteiger partial charge on any atom is 0.319 e. The molecule has 5 nitrogen and oxygen atoms in total. The summed E-state index contributed by atoms with van der Waals surface area (Å²) in [5, 5.41) is 6.07. The molecule has 0 unspecified atom stereocenters. The molecule has 1 aromatic rings. The fourth-order valence-corrected chi connectivity index (χ4v) is 3.29. The molecule has 0 aliphatic heterocycles. The van der Waals surface area contributed by atoms with Crippen molar-refractivity contribution in [3.05, 3.63) is 24.3 Å². The first-order valence-electron chi connectivity index (χ1n) is 9.74. The van der Waals surface area contributed by atoms with Gasteiger partial charge in [0.05, 0.1) is 5.69 Å². The Morgan fingerprint density at radius 3 is 2.48 bits per heavy atom. The summed E-state index contributed by atoms with van der Waals surface area (Å²) < 4.78 is 5.90. The van der Waals surface area contributed by atoms with E-state index in [-0.39, 0.29) is 6.03 Å². The topological polar surface area (TPSA) is 53.6 Å². The number of ether oxygens (including phenoxy) is 1. The third-order valence-corrected chi connectivity index (χ3v) is 4.89. The molecule has 1 aliphatic carbocycles. The first-order valence-corrected chi connectivity index (χ1v) is 9.74. The molecular formula is C20H33N3O2. The van der Waals surface area contributed by atoms with Gasteiger partial charge in [-0.3, -0.25) is 0 Å². The highest BCUT2D eigenvalue weighted by Crippen LogP contribution is 2.24. The Hall–Kier alpha value is -1.75. The van der Waals surface area contributed by atoms with Crippen LogP contribution in [-0.2, 0) is 0 Å². The van der Waals surface area contributed by atoms with E-state index >= 15 is 0 Å². The Balaban J connectivity index is 1.85. The number of rotatable bonds is 8. The average Bonchev–Trinajstić information content (AvgIpc) is 2.88. The van der Waals surface area contributed by atoms with Gasteiger partial charge in [-0.1, -0.05) is 51.7 Å². The number of anilines is 1. The molecule has 0 spiro atoms. The lowest BCUT2D eigenvalue weighted by Gasteiger charge is -2.20. The van der Waals surface area contributed by atoms with Crippen LogP contribution in [-0.4, -0.2) is 43.2 Å². The lowest BCUT2D eigenvalue weighted by Crippen LogP contribution is -2.37. The lowest BCUT2D eigenvalue weighted by atomic mass is 10.1. The third kappa shape index (κ3) is 6.94. The van der Waals surface area contributed by atoms with Gasteiger partial charge in [0.2, 0.25) is 0 Å². The van der Waals surface area contributed by atoms with Crippen LogP contribution in [0.3, 0.4) is 0 Å². The van der Waals surface area contributed by atoms with E-state index in [0.717, 1.165) is 43.9 Å². The lowest BCUT2D eigenvalue weighted by molar-refractivity contribution is 0.223. The number of benzene rings is 1. The molecule has 140 valence electrons. The van der Waals surface area contributed by atoms with E-state index < -0.39 is 0 Å². The van der Waals surface area contributed by atoms with Crippen LogP contribution in [0.1, 0.15) is 52.4 Å². The summed E-state index contributed by atoms with van der Waals surface area (Å²) in [4.78, 5) is 14.6. The Morgan fingerprint density at radius 2 is 1.80 bits per heavy atom. The second-order valence-electron chi connectivity index (χ2n) is 6.66. The number of hydrogen-bond donors (Lipinski definition) is 2. The molecule has 0 saturated heterocycles. The highest BCUT2D eigenvalue weighted by Gasteiger charge is 2.15. The summed E-state index contributed by atoms with van der Waals surface area (Å²) >= 11 is 0. The van der Waals surface area contributed by atoms with Crippen LogP contribution in [0.25, 0.3) is 0 Å². The van der Waals surface area contributed by atoms with Crippen LogP contribution >= 0.6 is 0 Å². The molecule has 1 aliphatic rings. The minimum absolute atomic E-state index is 0.133. The summed E-state index contributed by atoms with van der Waals surface area (Å²) in [5.74, 6) is 0.727. The summed E-state index contributed by atoms with van der Waals surface area (Å²) in [6.07, 6.45) is 7.13. The first-order chi connectivity index (χ1) is 12.2. The van der Waals surface area contributed by atoms with Crippen LogP contribution < -0.4 is 15.4 Å². The number of carbonyl (C=O) groups is 1. The zero-order valence-corrected chi connectivity index (χ0v) is 15.7. The highest BCUT2D eigenvalue weighted by molar-refractivity contribution is 5.91. The van der Waals surface area contributed by atoms with Crippen molar-refractivity contribution >= 4 is 11.7 Å². The summed E-state index contributed by atoms with van der Waals surface area (Å²) in [6.45, 7) is 7.83. The molecule has 1 saturated carbocycles. The van der Waals surface area contributed by atoms with E-state index in [0.29, 0.717) is 12.6 Å². The van der Waals surface area contributed by atoms with Gasteiger partial charge in [-0.2, -0.15) is 0 Å². The van der Waals surface area contributed by atoms with Crippen molar-refractivity contribution in [1.29, 1.82) is 0 Å². The van der Waals surface area contributed by atoms with Gasteiger partial charge in [0.1, 0.15) is 12.4 Å². The van der Waals surface area contributed by atoms with Gasteiger partial charge in [0.15, 0.2) is 0 Å². The van der Waals surface area contributed by atoms with Crippen LogP contribution in [0.4, 0.5) is 10.5 Å². The molecular weight excluding hydrogens is 314 g/mol. The second kappa shape index (κ2) is 11.0. The normalized spacial score (nSPS) is 15.6. The Bertz CT molecular complexity index is 509. The fourth-order valence-electron chi connectivity index (χ4n) is 3.29. The van der Waals surface area contributed by atoms with E-state index in [1.165, 1.54) is 25.7 Å². The molecule has 25 heavy (non-hydrogen) atoms. The van der Waals surface area contributed by atoms with Crippen LogP contribution in [0.5, 0.6) is 5.75 Å². The number of para-hydroxylation sites is 2. The zero-order valence-electron chi connectivity index (χ0n) is 15.7. The average molecular weight is 348 g/mol. The van der Waals surface area contributed by atoms with Crippen molar-refractivity contribution in [3.63, 3.8) is 0 Å². The maximum atomic E-state index is 12.3. The fraction of sp³-hybridized carbons (Fsp3) is 0.650. The van der Waals surface area contributed by atoms with Crippen molar-refractivity contribution < 1.29 is 9.53 Å². The highest BCUT2D eigenvalue weighted by atomic mass is 16.5. The maximum absolute atomic E-state index is 12.3. The van der Waals surface area contributed by atoms with Gasteiger partial charge < -0.3 is 20.3 Å². The monoisotopic (exact) mass is 347 g/mol. The molecule has 2 amide bonds. The number of nitrogens with zero attached hydrogens (tertiary/aromatic N) is 1. The Morgan fingerprint density at radius 1 is 1.12 bits per heavy atom. The molecule has 1 fully saturated rings. The molecule has 0 atom stereocenters. The van der Waals surface area contributed by atoms with Crippen molar-refractivity contribution in [1.82, 2.24) is 10.2 Å². The third-order valence-electron chi connectivity index (χ3n) is 4.89. The smallest absolute Gasteiger partial charge is 0.319 e. The summed E-state index contributed by atoms with van der Waals surface area (Å²) in [5.41, 5.74) is 0.730. The minimum Gasteiger partial charge on any atom is -0.490 e. The largest absolute Gasteiger partial charge is 0.490 e. The van der Waals surface area contributed by atoms with Crippen LogP contribution in [0.15, 0.2) is 24.3 Å². The number of likely N-dealkylation sites (N-methyl/N-ethyl adjacent to an activating group) is 1. The van der Waals surface area contributed by atoms with E-state index in [9.17, 15) is 4.79 Å². The predicted octanol–water partition coefficient (Wildman–Crippen LogP) is 4.25. The van der Waals surface area contributed by atoms with Crippen LogP contribution in [0, 0.1) is 0 Å². The zero-order chi connectivity index (χ0) is 17.9. The van der Waals surface area contributed by atoms with Gasteiger partial charge in [0.25, 0.3) is 0 Å². The van der Waals surface area contributed by atoms with Gasteiger partial charge in [0, 0.05) is 12.6 Å². The standard InChI is InChI=1S/C20H33N3O2/c1-3-23(4-2)15-16-25-19-14-10-9-13-18(19)22-20(24)21-17-11-7-5-6-8-12-17/h9-10,13-14,17H,3-8,11-12,15-16H2,1-2H3,(H2,21,22,24). The van der Waals surface area contributed by atoms with Gasteiger partial charge in [-0.15, -0.1) is 0 Å². The molecule has 0 radical (unpaired) electrons. The molecule has 0 aromatic heterocycles. The van der Waals surface area contributed by atoms with Gasteiger partial charge >= 0.3 is 6.03 Å². The van der Waals surface area contributed by atoms with E-state index in [1.54, 1.807) is 0 Å². The minimum atomic E-state index is -0.133. The van der Waals surface area contributed by atoms with E-state index in [4.69, 9.17) is 4.74 Å². The van der Waals surface area contributed by atoms with E-state index in [1.807, 2.05) is 24.3 Å². The van der Waals surface area contributed by atoms with Crippen molar-refractivity contribution in [3.8, 4) is 5.75 Å². The molecule has 2 rings (SSSR count). The summed E-state index contributed by atoms with van der Waals surface area (Å²) in [7, 11) is 0. The van der Waals surface area contributed by atoms with Gasteiger partial charge in [-0.05, 0) is 38.1 Å². The first kappa shape index (κ1) is 19.6. The van der Waals surface area contributed by atoms with Gasteiger partial charge in [-0.25, -0.2) is 4.79 Å². The van der Waals surface area contributed by atoms with Crippen molar-refractivity contribution in [2.24, 2.45) is 0 Å². The molecule has 2 N–H and O–H groups in total. The van der Waals surface area contributed by atoms with Crippen LogP contribution in [0.2, 0.25) is 0 Å². The summed E-state index contributed by atoms with van der Waals surface area (Å²) in [6, 6.07) is 7.80. The number of nitrogens with one attached hydrogen (secondary N) is 2. The number of hydrogen-bond acceptors (Lipinski definition) is 3. The SMILES string of the molecule is CCN(CC)CCOc1ccccc1NC(=O)NC1CCCCCC1. The Labute approximate surface area is 152 Å².